The number of nitrogens with zero attached hydrogens (tertiary/aromatic N) is 1. The molecule has 122 valence electrons. The van der Waals surface area contributed by atoms with Gasteiger partial charge in [0.05, 0.1) is 12.2 Å². The Morgan fingerprint density at radius 2 is 1.86 bits per heavy atom. The summed E-state index contributed by atoms with van der Waals surface area (Å²) < 4.78 is 25.1. The smallest absolute Gasteiger partial charge is 0.224 e. The van der Waals surface area contributed by atoms with Crippen LogP contribution in [0.25, 0.3) is 0 Å². The van der Waals surface area contributed by atoms with E-state index in [0.29, 0.717) is 37.4 Å². The van der Waals surface area contributed by atoms with Gasteiger partial charge in [-0.15, -0.1) is 0 Å². The van der Waals surface area contributed by atoms with Crippen LogP contribution in [0.3, 0.4) is 0 Å². The van der Waals surface area contributed by atoms with E-state index >= 15 is 0 Å². The second-order valence-electron chi connectivity index (χ2n) is 5.44. The van der Waals surface area contributed by atoms with Gasteiger partial charge in [-0.2, -0.15) is 0 Å². The summed E-state index contributed by atoms with van der Waals surface area (Å²) in [6.07, 6.45) is 1.63. The van der Waals surface area contributed by atoms with Crippen molar-refractivity contribution in [2.45, 2.75) is 32.2 Å². The topological polar surface area (TPSA) is 66.5 Å². The van der Waals surface area contributed by atoms with Crippen LogP contribution >= 0.6 is 11.6 Å². The van der Waals surface area contributed by atoms with Crippen LogP contribution in [0.2, 0.25) is 5.02 Å². The number of piperidine rings is 1. The van der Waals surface area contributed by atoms with E-state index in [9.17, 15) is 13.2 Å². The van der Waals surface area contributed by atoms with E-state index in [1.807, 2.05) is 12.1 Å². The molecule has 0 aromatic heterocycles. The van der Waals surface area contributed by atoms with Crippen LogP contribution in [0.4, 0.5) is 0 Å². The van der Waals surface area contributed by atoms with E-state index in [1.54, 1.807) is 19.1 Å². The molecule has 0 atom stereocenters. The van der Waals surface area contributed by atoms with Gasteiger partial charge in [0.1, 0.15) is 0 Å². The fraction of sp³-hybridized carbons (Fsp3) is 0.533. The summed E-state index contributed by atoms with van der Waals surface area (Å²) in [4.78, 5) is 12.0. The van der Waals surface area contributed by atoms with Crippen LogP contribution in [0.5, 0.6) is 0 Å². The van der Waals surface area contributed by atoms with Crippen LogP contribution in [0.15, 0.2) is 24.3 Å². The number of nitrogens with one attached hydrogen (secondary N) is 1. The molecule has 5 nitrogen and oxygen atoms in total. The maximum Gasteiger partial charge on any atom is 0.224 e. The molecule has 1 aliphatic heterocycles. The third-order valence-electron chi connectivity index (χ3n) is 3.86. The highest BCUT2D eigenvalue weighted by atomic mass is 35.5. The van der Waals surface area contributed by atoms with Crippen molar-refractivity contribution in [1.29, 1.82) is 0 Å². The van der Waals surface area contributed by atoms with Crippen molar-refractivity contribution in [3.05, 3.63) is 34.9 Å². The molecule has 0 saturated carbocycles. The predicted octanol–water partition coefficient (Wildman–Crippen LogP) is 1.81. The van der Waals surface area contributed by atoms with Gasteiger partial charge in [0.25, 0.3) is 0 Å². The summed E-state index contributed by atoms with van der Waals surface area (Å²) in [6, 6.07) is 7.23. The lowest BCUT2D eigenvalue weighted by atomic mass is 10.1. The van der Waals surface area contributed by atoms with Gasteiger partial charge in [0, 0.05) is 24.2 Å². The number of hydrogen-bond acceptors (Lipinski definition) is 3. The largest absolute Gasteiger partial charge is 0.353 e. The molecule has 1 heterocycles. The average Bonchev–Trinajstić information content (AvgIpc) is 2.50. The normalized spacial score (nSPS) is 17.4. The molecule has 1 saturated heterocycles. The maximum atomic E-state index is 12.0. The van der Waals surface area contributed by atoms with E-state index in [1.165, 1.54) is 4.31 Å². The highest BCUT2D eigenvalue weighted by Crippen LogP contribution is 2.15. The maximum absolute atomic E-state index is 12.0. The zero-order valence-electron chi connectivity index (χ0n) is 12.6. The zero-order valence-corrected chi connectivity index (χ0v) is 14.2. The summed E-state index contributed by atoms with van der Waals surface area (Å²) in [5.74, 6) is 0.0831. The first-order valence-electron chi connectivity index (χ1n) is 7.42. The first-order chi connectivity index (χ1) is 10.4. The highest BCUT2D eigenvalue weighted by molar-refractivity contribution is 7.89. The lowest BCUT2D eigenvalue weighted by Gasteiger charge is -2.31. The van der Waals surface area contributed by atoms with Crippen molar-refractivity contribution in [3.63, 3.8) is 0 Å². The van der Waals surface area contributed by atoms with Gasteiger partial charge < -0.3 is 5.32 Å². The van der Waals surface area contributed by atoms with E-state index in [0.717, 1.165) is 5.56 Å². The summed E-state index contributed by atoms with van der Waals surface area (Å²) in [6.45, 7) is 2.60. The minimum absolute atomic E-state index is 0.0425. The lowest BCUT2D eigenvalue weighted by molar-refractivity contribution is -0.121. The zero-order chi connectivity index (χ0) is 16.2. The third kappa shape index (κ3) is 4.69. The molecular formula is C15H21ClN2O3S. The molecule has 0 unspecified atom stereocenters. The van der Waals surface area contributed by atoms with Crippen molar-refractivity contribution in [2.24, 2.45) is 0 Å². The van der Waals surface area contributed by atoms with Crippen molar-refractivity contribution in [3.8, 4) is 0 Å². The molecule has 2 rings (SSSR count). The van der Waals surface area contributed by atoms with Crippen molar-refractivity contribution < 1.29 is 13.2 Å². The standard InChI is InChI=1S/C15H21ClN2O3S/c1-2-22(20,21)18-9-7-14(8-10-18)17-15(19)11-12-3-5-13(16)6-4-12/h3-6,14H,2,7-11H2,1H3,(H,17,19). The van der Waals surface area contributed by atoms with Crippen LogP contribution < -0.4 is 5.32 Å². The molecule has 0 bridgehead atoms. The summed E-state index contributed by atoms with van der Waals surface area (Å²) in [5, 5.41) is 3.63. The summed E-state index contributed by atoms with van der Waals surface area (Å²) in [5.41, 5.74) is 0.910. The number of benzene rings is 1. The number of hydrogen-bond donors (Lipinski definition) is 1. The van der Waals surface area contributed by atoms with Crippen LogP contribution in [0, 0.1) is 0 Å². The van der Waals surface area contributed by atoms with Crippen molar-refractivity contribution in [1.82, 2.24) is 9.62 Å². The molecule has 22 heavy (non-hydrogen) atoms. The van der Waals surface area contributed by atoms with E-state index in [2.05, 4.69) is 5.32 Å². The Bertz CT molecular complexity index is 608. The molecule has 1 aliphatic rings. The molecule has 0 aliphatic carbocycles. The summed E-state index contributed by atoms with van der Waals surface area (Å²) >= 11 is 5.81. The second-order valence-corrected chi connectivity index (χ2v) is 8.14. The van der Waals surface area contributed by atoms with Gasteiger partial charge in [0.15, 0.2) is 0 Å². The number of rotatable bonds is 5. The van der Waals surface area contributed by atoms with E-state index < -0.39 is 10.0 Å². The fourth-order valence-electron chi connectivity index (χ4n) is 2.53. The molecule has 0 spiro atoms. The molecule has 1 aromatic carbocycles. The van der Waals surface area contributed by atoms with Gasteiger partial charge in [-0.1, -0.05) is 23.7 Å². The molecule has 7 heteroatoms. The molecule has 0 radical (unpaired) electrons. The Kier molecular flexibility index (Phi) is 5.83. The monoisotopic (exact) mass is 344 g/mol. The Hall–Kier alpha value is -1.11. The number of carbonyl (C=O) groups is 1. The van der Waals surface area contributed by atoms with Crippen molar-refractivity contribution in [2.75, 3.05) is 18.8 Å². The Morgan fingerprint density at radius 3 is 2.41 bits per heavy atom. The minimum Gasteiger partial charge on any atom is -0.353 e. The quantitative estimate of drug-likeness (QED) is 0.886. The predicted molar refractivity (Wildman–Crippen MR) is 87.4 cm³/mol. The highest BCUT2D eigenvalue weighted by Gasteiger charge is 2.27. The van der Waals surface area contributed by atoms with E-state index in [-0.39, 0.29) is 17.7 Å². The molecule has 1 fully saturated rings. The van der Waals surface area contributed by atoms with Gasteiger partial charge in [0.2, 0.25) is 15.9 Å². The van der Waals surface area contributed by atoms with Crippen LogP contribution in [0.1, 0.15) is 25.3 Å². The first kappa shape index (κ1) is 17.2. The SMILES string of the molecule is CCS(=O)(=O)N1CCC(NC(=O)Cc2ccc(Cl)cc2)CC1. The third-order valence-corrected chi connectivity index (χ3v) is 5.99. The van der Waals surface area contributed by atoms with Gasteiger partial charge >= 0.3 is 0 Å². The molecule has 1 N–H and O–H groups in total. The number of amides is 1. The Balaban J connectivity index is 1.80. The van der Waals surface area contributed by atoms with E-state index in [4.69, 9.17) is 11.6 Å². The molecular weight excluding hydrogens is 324 g/mol. The van der Waals surface area contributed by atoms with Crippen LogP contribution in [-0.4, -0.2) is 43.5 Å². The Morgan fingerprint density at radius 1 is 1.27 bits per heavy atom. The second kappa shape index (κ2) is 7.44. The first-order valence-corrected chi connectivity index (χ1v) is 9.41. The van der Waals surface area contributed by atoms with Gasteiger partial charge in [-0.25, -0.2) is 12.7 Å². The number of sulfonamides is 1. The molecule has 1 amide bonds. The Labute approximate surface area is 136 Å². The lowest BCUT2D eigenvalue weighted by Crippen LogP contribution is -2.47. The number of halogens is 1. The fourth-order valence-corrected chi connectivity index (χ4v) is 3.79. The van der Waals surface area contributed by atoms with Gasteiger partial charge in [-0.05, 0) is 37.5 Å². The molecule has 1 aromatic rings. The minimum atomic E-state index is -3.12. The number of carbonyl (C=O) groups excluding carboxylic acids is 1. The summed E-state index contributed by atoms with van der Waals surface area (Å²) in [7, 11) is -3.12. The van der Waals surface area contributed by atoms with Gasteiger partial charge in [-0.3, -0.25) is 4.79 Å². The van der Waals surface area contributed by atoms with Crippen LogP contribution in [-0.2, 0) is 21.2 Å². The average molecular weight is 345 g/mol. The van der Waals surface area contributed by atoms with Crippen molar-refractivity contribution >= 4 is 27.5 Å².